The summed E-state index contributed by atoms with van der Waals surface area (Å²) in [5.41, 5.74) is 7.21. The van der Waals surface area contributed by atoms with Crippen molar-refractivity contribution >= 4 is 29.0 Å². The van der Waals surface area contributed by atoms with Crippen LogP contribution in [0.15, 0.2) is 5.10 Å². The Kier molecular flexibility index (Phi) is 4.12. The molecular weight excluding hydrogens is 166 g/mol. The van der Waals surface area contributed by atoms with Gasteiger partial charge in [-0.3, -0.25) is 5.43 Å². The molecule has 6 heteroatoms. The molecule has 4 N–H and O–H groups in total. The average molecular weight is 175 g/mol. The molecule has 0 aromatic carbocycles. The van der Waals surface area contributed by atoms with E-state index in [1.165, 1.54) is 0 Å². The van der Waals surface area contributed by atoms with Crippen LogP contribution in [-0.2, 0) is 4.79 Å². The highest BCUT2D eigenvalue weighted by Crippen LogP contribution is 1.83. The molecule has 5 nitrogen and oxygen atoms in total. The van der Waals surface area contributed by atoms with E-state index in [9.17, 15) is 4.79 Å². The predicted octanol–water partition coefficient (Wildman–Crippen LogP) is -0.330. The molecule has 0 unspecified atom stereocenters. The average Bonchev–Trinajstić information content (AvgIpc) is 1.87. The third-order valence-electron chi connectivity index (χ3n) is 0.883. The van der Waals surface area contributed by atoms with Crippen molar-refractivity contribution in [3.63, 3.8) is 0 Å². The molecule has 0 fully saturated rings. The van der Waals surface area contributed by atoms with E-state index in [0.717, 1.165) is 0 Å². The zero-order valence-electron chi connectivity index (χ0n) is 6.00. The molecule has 0 aromatic rings. The van der Waals surface area contributed by atoms with Crippen LogP contribution >= 0.6 is 12.2 Å². The molecule has 0 aliphatic carbocycles. The summed E-state index contributed by atoms with van der Waals surface area (Å²) in [6, 6.07) is 0. The number of nitrogens with zero attached hydrogens (tertiary/aromatic N) is 1. The van der Waals surface area contributed by atoms with Gasteiger partial charge in [-0.05, 0) is 18.6 Å². The third-order valence-corrected chi connectivity index (χ3v) is 0.974. The van der Waals surface area contributed by atoms with Gasteiger partial charge in [-0.25, -0.2) is 4.79 Å². The molecule has 0 rings (SSSR count). The first-order valence-electron chi connectivity index (χ1n) is 2.93. The highest BCUT2D eigenvalue weighted by atomic mass is 32.1. The van der Waals surface area contributed by atoms with Gasteiger partial charge in [0.25, 0.3) is 0 Å². The Bertz CT molecular complexity index is 202. The van der Waals surface area contributed by atoms with E-state index in [1.807, 2.05) is 0 Å². The largest absolute Gasteiger partial charge is 0.477 e. The second kappa shape index (κ2) is 4.62. The fraction of sp³-hybridized carbons (Fsp3) is 0.400. The Morgan fingerprint density at radius 3 is 2.64 bits per heavy atom. The quantitative estimate of drug-likeness (QED) is 0.310. The van der Waals surface area contributed by atoms with Gasteiger partial charge in [0.05, 0.1) is 0 Å². The Morgan fingerprint density at radius 2 is 2.36 bits per heavy atom. The molecule has 11 heavy (non-hydrogen) atoms. The third kappa shape index (κ3) is 4.26. The lowest BCUT2D eigenvalue weighted by Crippen LogP contribution is -2.27. The number of carboxylic acids is 1. The van der Waals surface area contributed by atoms with Crippen LogP contribution in [0.3, 0.4) is 0 Å². The standard InChI is InChI=1S/C5H9N3O2S/c1-2-3(4(9)10)7-8-5(6)11/h2H2,1H3,(H,9,10)(H3,6,8,11)/b7-3+. The van der Waals surface area contributed by atoms with Crippen LogP contribution in [-0.4, -0.2) is 21.9 Å². The molecule has 0 atom stereocenters. The molecule has 0 bridgehead atoms. The predicted molar refractivity (Wildman–Crippen MR) is 45.3 cm³/mol. The molecule has 0 heterocycles. The number of hydrogen-bond acceptors (Lipinski definition) is 3. The minimum atomic E-state index is -1.07. The van der Waals surface area contributed by atoms with Crippen molar-refractivity contribution in [3.8, 4) is 0 Å². The van der Waals surface area contributed by atoms with Crippen LogP contribution < -0.4 is 11.2 Å². The van der Waals surface area contributed by atoms with Gasteiger partial charge >= 0.3 is 5.97 Å². The second-order valence-electron chi connectivity index (χ2n) is 1.69. The van der Waals surface area contributed by atoms with E-state index < -0.39 is 5.97 Å². The van der Waals surface area contributed by atoms with Crippen LogP contribution in [0.5, 0.6) is 0 Å². The van der Waals surface area contributed by atoms with Gasteiger partial charge in [0.2, 0.25) is 0 Å². The Hall–Kier alpha value is -1.17. The van der Waals surface area contributed by atoms with Crippen molar-refractivity contribution in [2.24, 2.45) is 10.8 Å². The van der Waals surface area contributed by atoms with Gasteiger partial charge in [0, 0.05) is 0 Å². The molecule has 0 spiro atoms. The maximum absolute atomic E-state index is 10.3. The number of aliphatic carboxylic acids is 1. The number of carbonyl (C=O) groups is 1. The number of rotatable bonds is 3. The van der Waals surface area contributed by atoms with Crippen LogP contribution in [0, 0.1) is 0 Å². The fourth-order valence-corrected chi connectivity index (χ4v) is 0.446. The number of thiocarbonyl (C=S) groups is 1. The number of hydrazone groups is 1. The Morgan fingerprint density at radius 1 is 1.82 bits per heavy atom. The minimum Gasteiger partial charge on any atom is -0.477 e. The molecule has 0 amide bonds. The number of nitrogens with two attached hydrogens (primary N) is 1. The lowest BCUT2D eigenvalue weighted by atomic mass is 10.3. The highest BCUT2D eigenvalue weighted by Gasteiger charge is 2.05. The van der Waals surface area contributed by atoms with Crippen molar-refractivity contribution < 1.29 is 9.90 Å². The smallest absolute Gasteiger partial charge is 0.352 e. The van der Waals surface area contributed by atoms with Crippen LogP contribution in [0.1, 0.15) is 13.3 Å². The SMILES string of the molecule is CC/C(=N\NC(N)=S)C(=O)O. The van der Waals surface area contributed by atoms with Crippen LogP contribution in [0.25, 0.3) is 0 Å². The molecule has 0 saturated carbocycles. The van der Waals surface area contributed by atoms with Gasteiger partial charge in [-0.1, -0.05) is 6.92 Å². The lowest BCUT2D eigenvalue weighted by molar-refractivity contribution is -0.129. The van der Waals surface area contributed by atoms with Gasteiger partial charge in [0.15, 0.2) is 5.11 Å². The van der Waals surface area contributed by atoms with Crippen molar-refractivity contribution in [2.75, 3.05) is 0 Å². The van der Waals surface area contributed by atoms with Crippen LogP contribution in [0.2, 0.25) is 0 Å². The minimum absolute atomic E-state index is 0.00204. The summed E-state index contributed by atoms with van der Waals surface area (Å²) in [6.45, 7) is 1.67. The van der Waals surface area contributed by atoms with Gasteiger partial charge < -0.3 is 10.8 Å². The summed E-state index contributed by atoms with van der Waals surface area (Å²) in [5.74, 6) is -1.07. The van der Waals surface area contributed by atoms with Crippen molar-refractivity contribution in [1.82, 2.24) is 5.43 Å². The second-order valence-corrected chi connectivity index (χ2v) is 2.13. The molecular formula is C5H9N3O2S. The summed E-state index contributed by atoms with van der Waals surface area (Å²) in [4.78, 5) is 10.3. The topological polar surface area (TPSA) is 87.7 Å². The maximum atomic E-state index is 10.3. The summed E-state index contributed by atoms with van der Waals surface area (Å²) in [5, 5.41) is 11.8. The maximum Gasteiger partial charge on any atom is 0.352 e. The van der Waals surface area contributed by atoms with E-state index in [1.54, 1.807) is 6.92 Å². The van der Waals surface area contributed by atoms with E-state index in [4.69, 9.17) is 10.8 Å². The van der Waals surface area contributed by atoms with Crippen molar-refractivity contribution in [2.45, 2.75) is 13.3 Å². The number of carboxylic acid groups (broad SMARTS) is 1. The number of hydrogen-bond donors (Lipinski definition) is 3. The summed E-state index contributed by atoms with van der Waals surface area (Å²) < 4.78 is 0. The molecule has 0 aromatic heterocycles. The first-order valence-corrected chi connectivity index (χ1v) is 3.34. The zero-order chi connectivity index (χ0) is 8.85. The summed E-state index contributed by atoms with van der Waals surface area (Å²) in [7, 11) is 0. The van der Waals surface area contributed by atoms with Crippen molar-refractivity contribution in [3.05, 3.63) is 0 Å². The van der Waals surface area contributed by atoms with Crippen molar-refractivity contribution in [1.29, 1.82) is 0 Å². The van der Waals surface area contributed by atoms with E-state index in [2.05, 4.69) is 22.7 Å². The summed E-state index contributed by atoms with van der Waals surface area (Å²) in [6.07, 6.45) is 0.324. The van der Waals surface area contributed by atoms with E-state index >= 15 is 0 Å². The van der Waals surface area contributed by atoms with Gasteiger partial charge in [-0.15, -0.1) is 0 Å². The molecule has 0 aliphatic rings. The van der Waals surface area contributed by atoms with E-state index in [0.29, 0.717) is 6.42 Å². The highest BCUT2D eigenvalue weighted by molar-refractivity contribution is 7.80. The fourth-order valence-electron chi connectivity index (χ4n) is 0.401. The normalized spacial score (nSPS) is 10.8. The number of nitrogens with one attached hydrogen (secondary N) is 1. The van der Waals surface area contributed by atoms with E-state index in [-0.39, 0.29) is 10.8 Å². The van der Waals surface area contributed by atoms with Crippen LogP contribution in [0.4, 0.5) is 0 Å². The summed E-state index contributed by atoms with van der Waals surface area (Å²) >= 11 is 4.42. The van der Waals surface area contributed by atoms with Gasteiger partial charge in [-0.2, -0.15) is 5.10 Å². The molecule has 62 valence electrons. The molecule has 0 saturated heterocycles. The Balaban J connectivity index is 4.13. The first-order chi connectivity index (χ1) is 5.07. The zero-order valence-corrected chi connectivity index (χ0v) is 6.81. The molecule has 0 radical (unpaired) electrons. The monoisotopic (exact) mass is 175 g/mol. The Labute approximate surface area is 69.3 Å². The molecule has 0 aliphatic heterocycles. The first kappa shape index (κ1) is 9.83. The van der Waals surface area contributed by atoms with Gasteiger partial charge in [0.1, 0.15) is 5.71 Å². The lowest BCUT2D eigenvalue weighted by Gasteiger charge is -1.97.